The van der Waals surface area contributed by atoms with Gasteiger partial charge in [-0.05, 0) is 62.3 Å². The minimum atomic E-state index is -0.829. The Labute approximate surface area is 228 Å². The Bertz CT molecular complexity index is 1240. The fraction of sp³-hybridized carbons (Fsp3) is 0.500. The standard InChI is InChI=1S/C30H36N2O5S/c1-5-37-29(36)24-23-14-19(4)30(38-23)25(24)28(35)32(21(16-33)15-20-9-7-6-8-10-20)26(30)27(34)31-22-13-17(2)11-12-18(22)3/h6-13,19,21,23-26,33H,5,14-16H2,1-4H3,(H,31,34)/t19?,21-,23-,24+,25+,26?,30?/m1/s1. The Morgan fingerprint density at radius 2 is 1.95 bits per heavy atom. The van der Waals surface area contributed by atoms with Crippen molar-refractivity contribution in [3.63, 3.8) is 0 Å². The van der Waals surface area contributed by atoms with Crippen LogP contribution in [-0.4, -0.2) is 63.1 Å². The number of aliphatic hydroxyl groups excluding tert-OH is 1. The third kappa shape index (κ3) is 4.22. The molecule has 2 aromatic carbocycles. The third-order valence-corrected chi connectivity index (χ3v) is 10.6. The Morgan fingerprint density at radius 1 is 1.21 bits per heavy atom. The van der Waals surface area contributed by atoms with Crippen molar-refractivity contribution >= 4 is 35.2 Å². The molecule has 2 amide bonds. The SMILES string of the molecule is CCOC(=O)[C@@H]1[C@H]2C(=O)N([C@@H](CO)Cc3ccccc3)C(C(=O)Nc3cc(C)ccc3C)C23S[C@@H]1CC3C. The van der Waals surface area contributed by atoms with E-state index in [0.717, 1.165) is 23.1 Å². The number of benzene rings is 2. The van der Waals surface area contributed by atoms with E-state index in [-0.39, 0.29) is 42.2 Å². The molecule has 0 aliphatic carbocycles. The number of fused-ring (bicyclic) bond motifs is 1. The summed E-state index contributed by atoms with van der Waals surface area (Å²) in [4.78, 5) is 43.4. The first-order valence-corrected chi connectivity index (χ1v) is 14.3. The van der Waals surface area contributed by atoms with E-state index in [1.165, 1.54) is 0 Å². The largest absolute Gasteiger partial charge is 0.466 e. The molecule has 7 nitrogen and oxygen atoms in total. The van der Waals surface area contributed by atoms with Crippen molar-refractivity contribution in [3.8, 4) is 0 Å². The lowest BCUT2D eigenvalue weighted by atomic mass is 9.66. The topological polar surface area (TPSA) is 95.9 Å². The van der Waals surface area contributed by atoms with Crippen molar-refractivity contribution in [3.05, 3.63) is 65.2 Å². The molecule has 5 rings (SSSR count). The lowest BCUT2D eigenvalue weighted by Crippen LogP contribution is -2.57. The van der Waals surface area contributed by atoms with Gasteiger partial charge in [-0.3, -0.25) is 14.4 Å². The van der Waals surface area contributed by atoms with E-state index >= 15 is 0 Å². The zero-order valence-corrected chi connectivity index (χ0v) is 23.2. The second-order valence-electron chi connectivity index (χ2n) is 10.9. The van der Waals surface area contributed by atoms with Crippen LogP contribution in [0.1, 0.15) is 37.0 Å². The van der Waals surface area contributed by atoms with Gasteiger partial charge in [0.2, 0.25) is 11.8 Å². The van der Waals surface area contributed by atoms with Gasteiger partial charge in [0.15, 0.2) is 0 Å². The number of thioether (sulfide) groups is 1. The average molecular weight is 537 g/mol. The molecular formula is C30H36N2O5S. The van der Waals surface area contributed by atoms with Gasteiger partial charge in [-0.1, -0.05) is 49.4 Å². The fourth-order valence-corrected chi connectivity index (χ4v) is 9.26. The number of ether oxygens (including phenoxy) is 1. The molecule has 0 aromatic heterocycles. The van der Waals surface area contributed by atoms with Crippen LogP contribution >= 0.6 is 11.8 Å². The second-order valence-corrected chi connectivity index (χ2v) is 12.4. The number of anilines is 1. The van der Waals surface area contributed by atoms with Crippen LogP contribution in [0.2, 0.25) is 0 Å². The summed E-state index contributed by atoms with van der Waals surface area (Å²) in [6.07, 6.45) is 1.15. The number of nitrogens with zero attached hydrogens (tertiary/aromatic N) is 1. The van der Waals surface area contributed by atoms with E-state index in [4.69, 9.17) is 4.74 Å². The van der Waals surface area contributed by atoms with Gasteiger partial charge in [0.25, 0.3) is 0 Å². The maximum absolute atomic E-state index is 14.3. The van der Waals surface area contributed by atoms with Crippen molar-refractivity contribution in [2.75, 3.05) is 18.5 Å². The molecule has 202 valence electrons. The number of rotatable bonds is 8. The number of aryl methyl sites for hydroxylation is 2. The molecule has 2 N–H and O–H groups in total. The number of hydrogen-bond acceptors (Lipinski definition) is 6. The predicted molar refractivity (Wildman–Crippen MR) is 148 cm³/mol. The summed E-state index contributed by atoms with van der Waals surface area (Å²) in [5.41, 5.74) is 3.62. The summed E-state index contributed by atoms with van der Waals surface area (Å²) in [7, 11) is 0. The van der Waals surface area contributed by atoms with Crippen molar-refractivity contribution in [1.82, 2.24) is 4.90 Å². The zero-order valence-electron chi connectivity index (χ0n) is 22.3. The number of carbonyl (C=O) groups excluding carboxylic acids is 3. The predicted octanol–water partition coefficient (Wildman–Crippen LogP) is 3.75. The van der Waals surface area contributed by atoms with E-state index in [1.807, 2.05) is 62.4 Å². The van der Waals surface area contributed by atoms with Gasteiger partial charge in [0.05, 0.1) is 35.8 Å². The average Bonchev–Trinajstić information content (AvgIpc) is 3.49. The highest BCUT2D eigenvalue weighted by Crippen LogP contribution is 2.69. The molecule has 3 heterocycles. The summed E-state index contributed by atoms with van der Waals surface area (Å²) >= 11 is 1.61. The molecule has 3 aliphatic rings. The van der Waals surface area contributed by atoms with Gasteiger partial charge in [0, 0.05) is 10.9 Å². The lowest BCUT2D eigenvalue weighted by molar-refractivity contribution is -0.154. The number of esters is 1. The highest BCUT2D eigenvalue weighted by atomic mass is 32.2. The minimum absolute atomic E-state index is 0.0348. The molecule has 7 atom stereocenters. The molecule has 0 saturated carbocycles. The Hall–Kier alpha value is -2.84. The van der Waals surface area contributed by atoms with Crippen LogP contribution in [0.15, 0.2) is 48.5 Å². The first-order valence-electron chi connectivity index (χ1n) is 13.4. The maximum atomic E-state index is 14.3. The zero-order chi connectivity index (χ0) is 27.2. The van der Waals surface area contributed by atoms with Gasteiger partial charge >= 0.3 is 5.97 Å². The smallest absolute Gasteiger partial charge is 0.310 e. The van der Waals surface area contributed by atoms with Gasteiger partial charge in [0.1, 0.15) is 6.04 Å². The summed E-state index contributed by atoms with van der Waals surface area (Å²) < 4.78 is 4.66. The Kier molecular flexibility index (Phi) is 7.31. The van der Waals surface area contributed by atoms with Gasteiger partial charge in [-0.15, -0.1) is 11.8 Å². The fourth-order valence-electron chi connectivity index (χ4n) is 6.87. The highest BCUT2D eigenvalue weighted by molar-refractivity contribution is 8.02. The molecule has 38 heavy (non-hydrogen) atoms. The van der Waals surface area contributed by atoms with E-state index in [0.29, 0.717) is 12.1 Å². The summed E-state index contributed by atoms with van der Waals surface area (Å²) in [5.74, 6) is -2.10. The molecule has 3 fully saturated rings. The molecular weight excluding hydrogens is 500 g/mol. The molecule has 2 aromatic rings. The molecule has 3 unspecified atom stereocenters. The molecule has 0 radical (unpaired) electrons. The van der Waals surface area contributed by atoms with E-state index in [1.54, 1.807) is 23.6 Å². The number of carbonyl (C=O) groups is 3. The van der Waals surface area contributed by atoms with Crippen molar-refractivity contribution in [2.24, 2.45) is 17.8 Å². The summed E-state index contributed by atoms with van der Waals surface area (Å²) in [6.45, 7) is 7.71. The van der Waals surface area contributed by atoms with E-state index in [2.05, 4.69) is 12.2 Å². The second kappa shape index (κ2) is 10.4. The van der Waals surface area contributed by atoms with Crippen molar-refractivity contribution in [2.45, 2.75) is 62.6 Å². The Balaban J connectivity index is 1.59. The summed E-state index contributed by atoms with van der Waals surface area (Å²) in [5, 5.41) is 13.6. The normalized spacial score (nSPS) is 30.3. The van der Waals surface area contributed by atoms with Crippen LogP contribution in [0, 0.1) is 31.6 Å². The number of likely N-dealkylation sites (tertiary alicyclic amines) is 1. The molecule has 3 saturated heterocycles. The number of aliphatic hydroxyl groups is 1. The van der Waals surface area contributed by atoms with Crippen LogP contribution in [-0.2, 0) is 25.5 Å². The van der Waals surface area contributed by atoms with Crippen LogP contribution in [0.5, 0.6) is 0 Å². The van der Waals surface area contributed by atoms with Crippen molar-refractivity contribution < 1.29 is 24.2 Å². The maximum Gasteiger partial charge on any atom is 0.310 e. The summed E-state index contributed by atoms with van der Waals surface area (Å²) in [6, 6.07) is 14.1. The minimum Gasteiger partial charge on any atom is -0.466 e. The van der Waals surface area contributed by atoms with E-state index < -0.39 is 28.7 Å². The number of nitrogens with one attached hydrogen (secondary N) is 1. The molecule has 2 bridgehead atoms. The van der Waals surface area contributed by atoms with Gasteiger partial charge < -0.3 is 20.1 Å². The van der Waals surface area contributed by atoms with Crippen LogP contribution < -0.4 is 5.32 Å². The number of amides is 2. The molecule has 8 heteroatoms. The quantitative estimate of drug-likeness (QED) is 0.499. The number of hydrogen-bond donors (Lipinski definition) is 2. The highest BCUT2D eigenvalue weighted by Gasteiger charge is 2.76. The third-order valence-electron chi connectivity index (χ3n) is 8.56. The van der Waals surface area contributed by atoms with Crippen molar-refractivity contribution in [1.29, 1.82) is 0 Å². The first-order chi connectivity index (χ1) is 18.2. The van der Waals surface area contributed by atoms with Gasteiger partial charge in [-0.2, -0.15) is 0 Å². The van der Waals surface area contributed by atoms with Crippen LogP contribution in [0.25, 0.3) is 0 Å². The monoisotopic (exact) mass is 536 g/mol. The van der Waals surface area contributed by atoms with Crippen LogP contribution in [0.4, 0.5) is 5.69 Å². The van der Waals surface area contributed by atoms with E-state index in [9.17, 15) is 19.5 Å². The lowest BCUT2D eigenvalue weighted by Gasteiger charge is -2.40. The van der Waals surface area contributed by atoms with Crippen LogP contribution in [0.3, 0.4) is 0 Å². The van der Waals surface area contributed by atoms with Gasteiger partial charge in [-0.25, -0.2) is 0 Å². The molecule has 3 aliphatic heterocycles. The first kappa shape index (κ1) is 26.8. The molecule has 1 spiro atoms. The Morgan fingerprint density at radius 3 is 2.63 bits per heavy atom.